The first-order valence-corrected chi connectivity index (χ1v) is 5.94. The smallest absolute Gasteiger partial charge is 0.292 e. The number of nitro groups is 2. The van der Waals surface area contributed by atoms with Crippen molar-refractivity contribution in [2.24, 2.45) is 0 Å². The van der Waals surface area contributed by atoms with E-state index in [2.05, 4.69) is 0 Å². The number of halogens is 2. The predicted octanol–water partition coefficient (Wildman–Crippen LogP) is 2.74. The maximum atomic E-state index is 12.3. The molecule has 0 unspecified atom stereocenters. The number of nitrogens with two attached hydrogens (primary N) is 2. The highest BCUT2D eigenvalue weighted by Gasteiger charge is 2.20. The Morgan fingerprint density at radius 2 is 1.12 bits per heavy atom. The van der Waals surface area contributed by atoms with Crippen LogP contribution in [0.5, 0.6) is 0 Å². The van der Waals surface area contributed by atoms with Crippen molar-refractivity contribution in [3.8, 4) is 0 Å². The molecule has 0 aliphatic rings. The van der Waals surface area contributed by atoms with Crippen molar-refractivity contribution in [3.05, 3.63) is 67.8 Å². The van der Waals surface area contributed by atoms with E-state index in [0.717, 1.165) is 12.1 Å². The van der Waals surface area contributed by atoms with E-state index in [-0.39, 0.29) is 47.3 Å². The number of nitrogen functional groups attached to an aromatic ring is 2. The van der Waals surface area contributed by atoms with Gasteiger partial charge in [0.1, 0.15) is 11.4 Å². The van der Waals surface area contributed by atoms with Crippen molar-refractivity contribution in [1.82, 2.24) is 0 Å². The first-order valence-electron chi connectivity index (χ1n) is 5.94. The number of hydrogen-bond donors (Lipinski definition) is 2. The Morgan fingerprint density at radius 1 is 0.792 bits per heavy atom. The number of carbonyl (C=O) groups is 1. The Balaban J connectivity index is 0.00000264. The normalized spacial score (nSPS) is 9.33. The summed E-state index contributed by atoms with van der Waals surface area (Å²) in [4.78, 5) is 32.5. The standard InChI is InChI=1S/C13H10N4O5.2ClH/c14-9-3-1-7(5-11(9)16(19)20)13(18)8-2-4-10(15)12(6-8)17(21)22;;/h1-6H,14-15H2;2*1H. The monoisotopic (exact) mass is 374 g/mol. The largest absolute Gasteiger partial charge is 0.393 e. The molecule has 2 aromatic rings. The lowest BCUT2D eigenvalue weighted by Gasteiger charge is -2.04. The quantitative estimate of drug-likeness (QED) is 0.360. The van der Waals surface area contributed by atoms with Crippen molar-refractivity contribution in [2.45, 2.75) is 0 Å². The third-order valence-corrected chi connectivity index (χ3v) is 2.98. The van der Waals surface area contributed by atoms with E-state index < -0.39 is 27.0 Å². The number of nitro benzene ring substituents is 2. The zero-order valence-electron chi connectivity index (χ0n) is 11.9. The first kappa shape index (κ1) is 21.1. The minimum absolute atomic E-state index is 0. The lowest BCUT2D eigenvalue weighted by molar-refractivity contribution is -0.384. The fourth-order valence-corrected chi connectivity index (χ4v) is 1.85. The van der Waals surface area contributed by atoms with Crippen LogP contribution in [0.3, 0.4) is 0 Å². The molecule has 0 spiro atoms. The number of hydrogen-bond acceptors (Lipinski definition) is 7. The van der Waals surface area contributed by atoms with Gasteiger partial charge in [-0.25, -0.2) is 0 Å². The third-order valence-electron chi connectivity index (χ3n) is 2.98. The lowest BCUT2D eigenvalue weighted by Crippen LogP contribution is -2.05. The molecular weight excluding hydrogens is 363 g/mol. The van der Waals surface area contributed by atoms with Gasteiger partial charge in [0.2, 0.25) is 0 Å². The summed E-state index contributed by atoms with van der Waals surface area (Å²) in [5.74, 6) is -0.605. The molecule has 0 aromatic heterocycles. The molecule has 11 heteroatoms. The summed E-state index contributed by atoms with van der Waals surface area (Å²) in [6.07, 6.45) is 0. The summed E-state index contributed by atoms with van der Waals surface area (Å²) in [6.45, 7) is 0. The molecule has 0 amide bonds. The third kappa shape index (κ3) is 4.09. The van der Waals surface area contributed by atoms with Crippen LogP contribution in [0.1, 0.15) is 15.9 Å². The van der Waals surface area contributed by atoms with Gasteiger partial charge in [-0.15, -0.1) is 24.8 Å². The topological polar surface area (TPSA) is 155 Å². The van der Waals surface area contributed by atoms with Crippen LogP contribution in [-0.2, 0) is 0 Å². The molecule has 24 heavy (non-hydrogen) atoms. The highest BCUT2D eigenvalue weighted by molar-refractivity contribution is 6.10. The molecule has 4 N–H and O–H groups in total. The van der Waals surface area contributed by atoms with Crippen LogP contribution in [-0.4, -0.2) is 15.6 Å². The molecule has 128 valence electrons. The minimum atomic E-state index is -0.711. The van der Waals surface area contributed by atoms with Crippen LogP contribution >= 0.6 is 24.8 Å². The maximum absolute atomic E-state index is 12.3. The van der Waals surface area contributed by atoms with Crippen molar-refractivity contribution < 1.29 is 14.6 Å². The Bertz CT molecular complexity index is 747. The average molecular weight is 375 g/mol. The SMILES string of the molecule is Cl.Cl.Nc1ccc(C(=O)c2ccc(N)c([N+](=O)[O-])c2)cc1[N+](=O)[O-]. The van der Waals surface area contributed by atoms with Crippen LogP contribution in [0.25, 0.3) is 0 Å². The van der Waals surface area contributed by atoms with E-state index in [4.69, 9.17) is 11.5 Å². The second-order valence-electron chi connectivity index (χ2n) is 4.39. The summed E-state index contributed by atoms with van der Waals surface area (Å²) in [5.41, 5.74) is 9.94. The average Bonchev–Trinajstić information content (AvgIpc) is 2.47. The molecule has 2 rings (SSSR count). The Hall–Kier alpha value is -2.91. The number of benzene rings is 2. The van der Waals surface area contributed by atoms with Gasteiger partial charge >= 0.3 is 0 Å². The highest BCUT2D eigenvalue weighted by Crippen LogP contribution is 2.26. The van der Waals surface area contributed by atoms with Gasteiger partial charge in [0.05, 0.1) is 9.85 Å². The second-order valence-corrected chi connectivity index (χ2v) is 4.39. The van der Waals surface area contributed by atoms with E-state index >= 15 is 0 Å². The van der Waals surface area contributed by atoms with Gasteiger partial charge in [-0.1, -0.05) is 0 Å². The fraction of sp³-hybridized carbons (Fsp3) is 0. The molecule has 9 nitrogen and oxygen atoms in total. The Kier molecular flexibility index (Phi) is 7.11. The summed E-state index contributed by atoms with van der Waals surface area (Å²) in [7, 11) is 0. The summed E-state index contributed by atoms with van der Waals surface area (Å²) >= 11 is 0. The second kappa shape index (κ2) is 8.09. The van der Waals surface area contributed by atoms with Gasteiger partial charge < -0.3 is 11.5 Å². The molecule has 0 aliphatic heterocycles. The number of nitrogens with zero attached hydrogens (tertiary/aromatic N) is 2. The van der Waals surface area contributed by atoms with E-state index in [1.165, 1.54) is 24.3 Å². The van der Waals surface area contributed by atoms with E-state index in [9.17, 15) is 25.0 Å². The van der Waals surface area contributed by atoms with Crippen LogP contribution in [0.15, 0.2) is 36.4 Å². The van der Waals surface area contributed by atoms with Crippen LogP contribution < -0.4 is 11.5 Å². The zero-order chi connectivity index (χ0) is 16.4. The van der Waals surface area contributed by atoms with Crippen molar-refractivity contribution in [3.63, 3.8) is 0 Å². The van der Waals surface area contributed by atoms with Crippen LogP contribution in [0.2, 0.25) is 0 Å². The molecule has 2 aromatic carbocycles. The number of ketones is 1. The minimum Gasteiger partial charge on any atom is -0.393 e. The van der Waals surface area contributed by atoms with Gasteiger partial charge in [-0.05, 0) is 24.3 Å². The molecule has 0 heterocycles. The van der Waals surface area contributed by atoms with Gasteiger partial charge in [-0.3, -0.25) is 25.0 Å². The van der Waals surface area contributed by atoms with E-state index in [1.54, 1.807) is 0 Å². The molecule has 0 saturated heterocycles. The number of anilines is 2. The molecule has 0 atom stereocenters. The van der Waals surface area contributed by atoms with E-state index in [1.807, 2.05) is 0 Å². The van der Waals surface area contributed by atoms with E-state index in [0.29, 0.717) is 0 Å². The van der Waals surface area contributed by atoms with Crippen molar-refractivity contribution >= 4 is 53.3 Å². The Labute approximate surface area is 147 Å². The number of carbonyl (C=O) groups excluding carboxylic acids is 1. The summed E-state index contributed by atoms with van der Waals surface area (Å²) in [6, 6.07) is 7.15. The molecule has 0 aliphatic carbocycles. The molecule has 0 saturated carbocycles. The van der Waals surface area contributed by atoms with Gasteiger partial charge in [0.15, 0.2) is 5.78 Å². The summed E-state index contributed by atoms with van der Waals surface area (Å²) in [5, 5.41) is 21.7. The van der Waals surface area contributed by atoms with Gasteiger partial charge in [0.25, 0.3) is 11.4 Å². The molecule has 0 radical (unpaired) electrons. The fourth-order valence-electron chi connectivity index (χ4n) is 1.85. The molecular formula is C13H12Cl2N4O5. The van der Waals surface area contributed by atoms with Gasteiger partial charge in [0, 0.05) is 23.3 Å². The Morgan fingerprint density at radius 3 is 1.42 bits per heavy atom. The predicted molar refractivity (Wildman–Crippen MR) is 92.9 cm³/mol. The number of rotatable bonds is 4. The van der Waals surface area contributed by atoms with Gasteiger partial charge in [-0.2, -0.15) is 0 Å². The molecule has 0 bridgehead atoms. The zero-order valence-corrected chi connectivity index (χ0v) is 13.5. The van der Waals surface area contributed by atoms with Crippen LogP contribution in [0.4, 0.5) is 22.7 Å². The maximum Gasteiger partial charge on any atom is 0.292 e. The van der Waals surface area contributed by atoms with Crippen molar-refractivity contribution in [2.75, 3.05) is 11.5 Å². The van der Waals surface area contributed by atoms with Crippen LogP contribution in [0, 0.1) is 20.2 Å². The summed E-state index contributed by atoms with van der Waals surface area (Å²) < 4.78 is 0. The van der Waals surface area contributed by atoms with Crippen molar-refractivity contribution in [1.29, 1.82) is 0 Å². The highest BCUT2D eigenvalue weighted by atomic mass is 35.5. The first-order chi connectivity index (χ1) is 10.3. The molecule has 0 fully saturated rings. The lowest BCUT2D eigenvalue weighted by atomic mass is 10.0.